The summed E-state index contributed by atoms with van der Waals surface area (Å²) in [6, 6.07) is 7.15. The van der Waals surface area contributed by atoms with Crippen LogP contribution in [0, 0.1) is 13.8 Å². The third-order valence-electron chi connectivity index (χ3n) is 3.55. The molecule has 0 aliphatic rings. The molecular formula is C16H17N3O3. The molecule has 6 nitrogen and oxygen atoms in total. The normalized spacial score (nSPS) is 10.9. The molecule has 0 saturated carbocycles. The van der Waals surface area contributed by atoms with E-state index in [0.717, 1.165) is 22.5 Å². The molecule has 0 spiro atoms. The summed E-state index contributed by atoms with van der Waals surface area (Å²) in [5.74, 6) is 1.44. The van der Waals surface area contributed by atoms with Gasteiger partial charge in [-0.3, -0.25) is 0 Å². The minimum Gasteiger partial charge on any atom is -0.497 e. The highest BCUT2D eigenvalue weighted by Gasteiger charge is 2.19. The van der Waals surface area contributed by atoms with Crippen molar-refractivity contribution in [2.45, 2.75) is 13.8 Å². The quantitative estimate of drug-likeness (QED) is 0.805. The zero-order chi connectivity index (χ0) is 15.9. The Labute approximate surface area is 127 Å². The molecule has 0 unspecified atom stereocenters. The van der Waals surface area contributed by atoms with Gasteiger partial charge >= 0.3 is 0 Å². The summed E-state index contributed by atoms with van der Waals surface area (Å²) in [6.45, 7) is 3.71. The van der Waals surface area contributed by atoms with E-state index in [-0.39, 0.29) is 5.88 Å². The van der Waals surface area contributed by atoms with Gasteiger partial charge in [-0.2, -0.15) is 9.61 Å². The Hall–Kier alpha value is -2.76. The van der Waals surface area contributed by atoms with E-state index in [1.807, 2.05) is 32.0 Å². The van der Waals surface area contributed by atoms with Crippen molar-refractivity contribution in [2.75, 3.05) is 14.2 Å². The van der Waals surface area contributed by atoms with Gasteiger partial charge in [-0.05, 0) is 26.0 Å². The topological polar surface area (TPSA) is 68.9 Å². The molecule has 0 radical (unpaired) electrons. The largest absolute Gasteiger partial charge is 0.497 e. The number of benzene rings is 1. The van der Waals surface area contributed by atoms with Crippen LogP contribution >= 0.6 is 0 Å². The van der Waals surface area contributed by atoms with Gasteiger partial charge in [-0.1, -0.05) is 0 Å². The minimum absolute atomic E-state index is 0.0596. The first-order chi connectivity index (χ1) is 10.5. The number of rotatable bonds is 3. The van der Waals surface area contributed by atoms with Gasteiger partial charge in [0.1, 0.15) is 11.5 Å². The van der Waals surface area contributed by atoms with Crippen LogP contribution in [0.25, 0.3) is 16.8 Å². The predicted molar refractivity (Wildman–Crippen MR) is 82.7 cm³/mol. The molecule has 114 valence electrons. The van der Waals surface area contributed by atoms with Crippen LogP contribution in [0.5, 0.6) is 17.4 Å². The van der Waals surface area contributed by atoms with Crippen LogP contribution in [0.1, 0.15) is 11.4 Å². The second-order valence-electron chi connectivity index (χ2n) is 5.02. The summed E-state index contributed by atoms with van der Waals surface area (Å²) in [5.41, 5.74) is 3.76. The summed E-state index contributed by atoms with van der Waals surface area (Å²) in [6.07, 6.45) is 0. The van der Waals surface area contributed by atoms with Crippen LogP contribution in [0.15, 0.2) is 24.3 Å². The number of aromatic nitrogens is 3. The minimum atomic E-state index is 0.0596. The fourth-order valence-electron chi connectivity index (χ4n) is 2.55. The first-order valence-electron chi connectivity index (χ1n) is 6.83. The highest BCUT2D eigenvalue weighted by Crippen LogP contribution is 2.37. The summed E-state index contributed by atoms with van der Waals surface area (Å²) in [4.78, 5) is 4.51. The molecule has 2 heterocycles. The van der Waals surface area contributed by atoms with Crippen LogP contribution in [-0.2, 0) is 0 Å². The lowest BCUT2D eigenvalue weighted by Gasteiger charge is -2.10. The van der Waals surface area contributed by atoms with Gasteiger partial charge in [0, 0.05) is 23.4 Å². The maximum absolute atomic E-state index is 10.1. The number of hydrogen-bond acceptors (Lipinski definition) is 5. The van der Waals surface area contributed by atoms with Gasteiger partial charge in [0.15, 0.2) is 5.65 Å². The molecular weight excluding hydrogens is 282 g/mol. The third-order valence-corrected chi connectivity index (χ3v) is 3.55. The zero-order valence-electron chi connectivity index (χ0n) is 12.9. The van der Waals surface area contributed by atoms with Crippen molar-refractivity contribution < 1.29 is 14.6 Å². The van der Waals surface area contributed by atoms with Crippen molar-refractivity contribution in [3.63, 3.8) is 0 Å². The molecule has 6 heteroatoms. The number of hydrogen-bond donors (Lipinski definition) is 1. The maximum atomic E-state index is 10.1. The lowest BCUT2D eigenvalue weighted by atomic mass is 10.0. The Morgan fingerprint density at radius 1 is 1.09 bits per heavy atom. The van der Waals surface area contributed by atoms with Crippen molar-refractivity contribution in [3.05, 3.63) is 35.7 Å². The second-order valence-corrected chi connectivity index (χ2v) is 5.02. The number of methoxy groups -OCH3 is 2. The van der Waals surface area contributed by atoms with Gasteiger partial charge in [-0.15, -0.1) is 0 Å². The average Bonchev–Trinajstić information content (AvgIpc) is 2.83. The number of fused-ring (bicyclic) bond motifs is 1. The maximum Gasteiger partial charge on any atom is 0.215 e. The van der Waals surface area contributed by atoms with Gasteiger partial charge in [-0.25, -0.2) is 4.98 Å². The second kappa shape index (κ2) is 5.22. The fourth-order valence-corrected chi connectivity index (χ4v) is 2.55. The highest BCUT2D eigenvalue weighted by atomic mass is 16.5. The van der Waals surface area contributed by atoms with E-state index in [1.54, 1.807) is 20.3 Å². The number of aromatic hydroxyl groups is 1. The van der Waals surface area contributed by atoms with Crippen LogP contribution in [0.3, 0.4) is 0 Å². The summed E-state index contributed by atoms with van der Waals surface area (Å²) in [5, 5.41) is 14.4. The first kappa shape index (κ1) is 14.2. The Bertz CT molecular complexity index is 855. The van der Waals surface area contributed by atoms with Crippen LogP contribution in [0.4, 0.5) is 0 Å². The SMILES string of the molecule is COc1ccc(-c2c(C)nn3c(O)cc(C)nc23)c(OC)c1. The first-order valence-corrected chi connectivity index (χ1v) is 6.83. The number of aryl methyl sites for hydroxylation is 2. The van der Waals surface area contributed by atoms with Crippen LogP contribution in [0.2, 0.25) is 0 Å². The number of ether oxygens (including phenoxy) is 2. The van der Waals surface area contributed by atoms with E-state index in [4.69, 9.17) is 9.47 Å². The molecule has 0 saturated heterocycles. The summed E-state index contributed by atoms with van der Waals surface area (Å²) >= 11 is 0. The molecule has 0 atom stereocenters. The Morgan fingerprint density at radius 2 is 1.86 bits per heavy atom. The lowest BCUT2D eigenvalue weighted by molar-refractivity contribution is 0.395. The molecule has 0 aliphatic heterocycles. The van der Waals surface area contributed by atoms with Crippen LogP contribution in [-0.4, -0.2) is 33.9 Å². The Kier molecular flexibility index (Phi) is 3.36. The lowest BCUT2D eigenvalue weighted by Crippen LogP contribution is -1.94. The molecule has 2 aromatic heterocycles. The highest BCUT2D eigenvalue weighted by molar-refractivity contribution is 5.84. The van der Waals surface area contributed by atoms with Crippen molar-refractivity contribution in [2.24, 2.45) is 0 Å². The van der Waals surface area contributed by atoms with E-state index in [9.17, 15) is 5.11 Å². The zero-order valence-corrected chi connectivity index (χ0v) is 12.9. The van der Waals surface area contributed by atoms with Crippen molar-refractivity contribution >= 4 is 5.65 Å². The molecule has 0 bridgehead atoms. The molecule has 1 N–H and O–H groups in total. The van der Waals surface area contributed by atoms with Crippen molar-refractivity contribution in [1.82, 2.24) is 14.6 Å². The molecule has 0 aliphatic carbocycles. The van der Waals surface area contributed by atoms with E-state index in [2.05, 4.69) is 10.1 Å². The molecule has 1 aromatic carbocycles. The monoisotopic (exact) mass is 299 g/mol. The van der Waals surface area contributed by atoms with Crippen molar-refractivity contribution in [3.8, 4) is 28.5 Å². The summed E-state index contributed by atoms with van der Waals surface area (Å²) < 4.78 is 12.1. The molecule has 0 fully saturated rings. The van der Waals surface area contributed by atoms with E-state index in [0.29, 0.717) is 17.1 Å². The molecule has 22 heavy (non-hydrogen) atoms. The summed E-state index contributed by atoms with van der Waals surface area (Å²) in [7, 11) is 3.22. The van der Waals surface area contributed by atoms with E-state index >= 15 is 0 Å². The smallest absolute Gasteiger partial charge is 0.215 e. The average molecular weight is 299 g/mol. The Balaban J connectivity index is 2.33. The third kappa shape index (κ3) is 2.13. The van der Waals surface area contributed by atoms with Gasteiger partial charge < -0.3 is 14.6 Å². The predicted octanol–water partition coefficient (Wildman–Crippen LogP) is 2.74. The molecule has 3 rings (SSSR count). The van der Waals surface area contributed by atoms with E-state index < -0.39 is 0 Å². The van der Waals surface area contributed by atoms with Gasteiger partial charge in [0.2, 0.25) is 5.88 Å². The van der Waals surface area contributed by atoms with Gasteiger partial charge in [0.25, 0.3) is 0 Å². The Morgan fingerprint density at radius 3 is 2.55 bits per heavy atom. The van der Waals surface area contributed by atoms with Crippen LogP contribution < -0.4 is 9.47 Å². The van der Waals surface area contributed by atoms with Crippen molar-refractivity contribution in [1.29, 1.82) is 0 Å². The molecule has 3 aromatic rings. The van der Waals surface area contributed by atoms with Gasteiger partial charge in [0.05, 0.1) is 25.5 Å². The van der Waals surface area contributed by atoms with E-state index in [1.165, 1.54) is 4.52 Å². The molecule has 0 amide bonds. The number of nitrogens with zero attached hydrogens (tertiary/aromatic N) is 3. The standard InChI is InChI=1S/C16H17N3O3/c1-9-7-14(20)19-16(17-9)15(10(2)18-19)12-6-5-11(21-3)8-13(12)22-4/h5-8,20H,1-4H3. The fraction of sp³-hybridized carbons (Fsp3) is 0.250.